The smallest absolute Gasteiger partial charge is 0.201 e. The molecule has 3 rings (SSSR count). The average Bonchev–Trinajstić information content (AvgIpc) is 2.78. The SMILES string of the molecule is N#Cc1cccc2c1nc(N)n2Cc1ccc(F)cc1F. The van der Waals surface area contributed by atoms with Crippen molar-refractivity contribution >= 4 is 17.0 Å². The zero-order valence-corrected chi connectivity index (χ0v) is 10.8. The molecule has 6 heteroatoms. The van der Waals surface area contributed by atoms with E-state index in [0.717, 1.165) is 6.07 Å². The monoisotopic (exact) mass is 284 g/mol. The summed E-state index contributed by atoms with van der Waals surface area (Å²) in [4.78, 5) is 4.15. The number of nitrogens with zero attached hydrogens (tertiary/aromatic N) is 3. The van der Waals surface area contributed by atoms with Gasteiger partial charge in [-0.05, 0) is 18.2 Å². The summed E-state index contributed by atoms with van der Waals surface area (Å²) in [5, 5.41) is 9.06. The molecule has 0 spiro atoms. The molecule has 2 N–H and O–H groups in total. The summed E-state index contributed by atoms with van der Waals surface area (Å²) < 4.78 is 28.3. The maximum atomic E-state index is 13.8. The van der Waals surface area contributed by atoms with Gasteiger partial charge >= 0.3 is 0 Å². The van der Waals surface area contributed by atoms with Gasteiger partial charge in [0.25, 0.3) is 0 Å². The van der Waals surface area contributed by atoms with Gasteiger partial charge in [0.1, 0.15) is 23.2 Å². The summed E-state index contributed by atoms with van der Waals surface area (Å²) in [6, 6.07) is 10.5. The number of nitriles is 1. The van der Waals surface area contributed by atoms with Crippen LogP contribution in [0, 0.1) is 23.0 Å². The van der Waals surface area contributed by atoms with Gasteiger partial charge in [0.05, 0.1) is 17.6 Å². The fourth-order valence-electron chi connectivity index (χ4n) is 2.24. The molecule has 0 unspecified atom stereocenters. The number of fused-ring (bicyclic) bond motifs is 1. The third-order valence-electron chi connectivity index (χ3n) is 3.27. The van der Waals surface area contributed by atoms with Crippen LogP contribution in [-0.4, -0.2) is 9.55 Å². The Labute approximate surface area is 119 Å². The number of para-hydroxylation sites is 1. The lowest BCUT2D eigenvalue weighted by Gasteiger charge is -2.08. The van der Waals surface area contributed by atoms with Gasteiger partial charge in [0.2, 0.25) is 5.95 Å². The van der Waals surface area contributed by atoms with E-state index in [1.54, 1.807) is 22.8 Å². The molecule has 1 heterocycles. The summed E-state index contributed by atoms with van der Waals surface area (Å²) in [7, 11) is 0. The second-order valence-electron chi connectivity index (χ2n) is 4.58. The molecule has 0 aliphatic heterocycles. The van der Waals surface area contributed by atoms with Crippen molar-refractivity contribution in [1.82, 2.24) is 9.55 Å². The third kappa shape index (κ3) is 2.19. The van der Waals surface area contributed by atoms with Crippen LogP contribution in [-0.2, 0) is 6.54 Å². The molecule has 0 bridgehead atoms. The molecule has 0 amide bonds. The van der Waals surface area contributed by atoms with Crippen LogP contribution in [0.25, 0.3) is 11.0 Å². The highest BCUT2D eigenvalue weighted by Crippen LogP contribution is 2.23. The van der Waals surface area contributed by atoms with Crippen molar-refractivity contribution in [2.45, 2.75) is 6.54 Å². The predicted octanol–water partition coefficient (Wildman–Crippen LogP) is 2.82. The quantitative estimate of drug-likeness (QED) is 0.786. The van der Waals surface area contributed by atoms with Gasteiger partial charge in [-0.1, -0.05) is 12.1 Å². The Morgan fingerprint density at radius 2 is 2.05 bits per heavy atom. The Hall–Kier alpha value is -2.94. The average molecular weight is 284 g/mol. The first-order valence-electron chi connectivity index (χ1n) is 6.19. The van der Waals surface area contributed by atoms with Gasteiger partial charge in [0.15, 0.2) is 0 Å². The number of nitrogen functional groups attached to an aromatic ring is 1. The number of rotatable bonds is 2. The molecular weight excluding hydrogens is 274 g/mol. The summed E-state index contributed by atoms with van der Waals surface area (Å²) in [6.45, 7) is 0.114. The molecule has 1 aromatic heterocycles. The molecule has 0 saturated carbocycles. The van der Waals surface area contributed by atoms with E-state index in [0.29, 0.717) is 22.2 Å². The van der Waals surface area contributed by atoms with Crippen LogP contribution in [0.15, 0.2) is 36.4 Å². The maximum Gasteiger partial charge on any atom is 0.201 e. The van der Waals surface area contributed by atoms with Crippen LogP contribution >= 0.6 is 0 Å². The number of aromatic nitrogens is 2. The topological polar surface area (TPSA) is 67.6 Å². The van der Waals surface area contributed by atoms with Gasteiger partial charge < -0.3 is 10.3 Å². The van der Waals surface area contributed by atoms with E-state index in [-0.39, 0.29) is 12.5 Å². The second-order valence-corrected chi connectivity index (χ2v) is 4.58. The second kappa shape index (κ2) is 4.87. The third-order valence-corrected chi connectivity index (χ3v) is 3.27. The number of hydrogen-bond acceptors (Lipinski definition) is 3. The van der Waals surface area contributed by atoms with Crippen LogP contribution in [0.1, 0.15) is 11.1 Å². The zero-order valence-electron chi connectivity index (χ0n) is 10.8. The fraction of sp³-hybridized carbons (Fsp3) is 0.0667. The molecular formula is C15H10F2N4. The summed E-state index contributed by atoms with van der Waals surface area (Å²) in [6.07, 6.45) is 0. The van der Waals surface area contributed by atoms with Crippen LogP contribution in [0.3, 0.4) is 0 Å². The van der Waals surface area contributed by atoms with Crippen LogP contribution in [0.5, 0.6) is 0 Å². The molecule has 104 valence electrons. The molecule has 21 heavy (non-hydrogen) atoms. The molecule has 0 aliphatic rings. The number of nitrogens with two attached hydrogens (primary N) is 1. The summed E-state index contributed by atoms with van der Waals surface area (Å²) >= 11 is 0. The first-order chi connectivity index (χ1) is 10.1. The maximum absolute atomic E-state index is 13.8. The van der Waals surface area contributed by atoms with Gasteiger partial charge in [-0.2, -0.15) is 5.26 Å². The van der Waals surface area contributed by atoms with Crippen molar-refractivity contribution in [1.29, 1.82) is 5.26 Å². The molecule has 4 nitrogen and oxygen atoms in total. The van der Waals surface area contributed by atoms with Gasteiger partial charge in [0, 0.05) is 11.6 Å². The van der Waals surface area contributed by atoms with E-state index in [1.807, 2.05) is 6.07 Å². The highest BCUT2D eigenvalue weighted by Gasteiger charge is 2.13. The molecule has 0 fully saturated rings. The minimum atomic E-state index is -0.646. The van der Waals surface area contributed by atoms with Crippen molar-refractivity contribution < 1.29 is 8.78 Å². The first kappa shape index (κ1) is 13.1. The predicted molar refractivity (Wildman–Crippen MR) is 74.3 cm³/mol. The van der Waals surface area contributed by atoms with Crippen molar-refractivity contribution in [2.24, 2.45) is 0 Å². The number of benzene rings is 2. The normalized spacial score (nSPS) is 10.7. The van der Waals surface area contributed by atoms with E-state index in [1.165, 1.54) is 12.1 Å². The van der Waals surface area contributed by atoms with Crippen LogP contribution in [0.4, 0.5) is 14.7 Å². The lowest BCUT2D eigenvalue weighted by atomic mass is 10.2. The van der Waals surface area contributed by atoms with E-state index >= 15 is 0 Å². The minimum Gasteiger partial charge on any atom is -0.369 e. The summed E-state index contributed by atoms with van der Waals surface area (Å²) in [5.74, 6) is -1.10. The minimum absolute atomic E-state index is 0.114. The first-order valence-corrected chi connectivity index (χ1v) is 6.19. The van der Waals surface area contributed by atoms with E-state index < -0.39 is 11.6 Å². The van der Waals surface area contributed by atoms with Gasteiger partial charge in [-0.3, -0.25) is 0 Å². The largest absolute Gasteiger partial charge is 0.369 e. The molecule has 3 aromatic rings. The Balaban J connectivity index is 2.13. The Morgan fingerprint density at radius 3 is 2.76 bits per heavy atom. The molecule has 0 saturated heterocycles. The van der Waals surface area contributed by atoms with Crippen molar-refractivity contribution in [2.75, 3.05) is 5.73 Å². The van der Waals surface area contributed by atoms with Crippen molar-refractivity contribution in [3.8, 4) is 6.07 Å². The number of imidazole rings is 1. The highest BCUT2D eigenvalue weighted by molar-refractivity contribution is 5.84. The Bertz CT molecular complexity index is 877. The number of anilines is 1. The lowest BCUT2D eigenvalue weighted by Crippen LogP contribution is -2.06. The van der Waals surface area contributed by atoms with Crippen LogP contribution in [0.2, 0.25) is 0 Å². The number of hydrogen-bond donors (Lipinski definition) is 1. The molecule has 0 aliphatic carbocycles. The molecule has 0 atom stereocenters. The Morgan fingerprint density at radius 1 is 1.24 bits per heavy atom. The fourth-order valence-corrected chi connectivity index (χ4v) is 2.24. The lowest BCUT2D eigenvalue weighted by molar-refractivity contribution is 0.568. The van der Waals surface area contributed by atoms with E-state index in [9.17, 15) is 8.78 Å². The van der Waals surface area contributed by atoms with Crippen molar-refractivity contribution in [3.63, 3.8) is 0 Å². The Kier molecular flexibility index (Phi) is 3.03. The van der Waals surface area contributed by atoms with E-state index in [4.69, 9.17) is 11.0 Å². The van der Waals surface area contributed by atoms with Gasteiger partial charge in [-0.25, -0.2) is 13.8 Å². The summed E-state index contributed by atoms with van der Waals surface area (Å²) in [5.41, 5.74) is 7.65. The van der Waals surface area contributed by atoms with Gasteiger partial charge in [-0.15, -0.1) is 0 Å². The molecule has 0 radical (unpaired) electrons. The highest BCUT2D eigenvalue weighted by atomic mass is 19.1. The van der Waals surface area contributed by atoms with Crippen molar-refractivity contribution in [3.05, 3.63) is 59.2 Å². The van der Waals surface area contributed by atoms with E-state index in [2.05, 4.69) is 4.98 Å². The molecule has 2 aromatic carbocycles. The standard InChI is InChI=1S/C15H10F2N4/c16-11-5-4-10(12(17)6-11)8-21-13-3-1-2-9(7-18)14(13)20-15(21)19/h1-6H,8H2,(H2,19,20). The number of halogens is 2. The zero-order chi connectivity index (χ0) is 15.0. The van der Waals surface area contributed by atoms with Crippen LogP contribution < -0.4 is 5.73 Å².